The number of aromatic nitrogens is 1. The largest absolute Gasteiger partial charge is 0.454 e. The van der Waals surface area contributed by atoms with Crippen LogP contribution in [-0.2, 0) is 12.8 Å². The number of nitrogens with zero attached hydrogens (tertiary/aromatic N) is 1. The Hall–Kier alpha value is -1.79. The lowest BCUT2D eigenvalue weighted by molar-refractivity contribution is -0.141. The van der Waals surface area contributed by atoms with Crippen LogP contribution in [0.15, 0.2) is 36.5 Å². The molecule has 7 heteroatoms. The number of halogens is 4. The van der Waals surface area contributed by atoms with Crippen LogP contribution in [0.2, 0.25) is 5.02 Å². The van der Waals surface area contributed by atoms with E-state index in [1.54, 1.807) is 6.07 Å². The van der Waals surface area contributed by atoms with Crippen molar-refractivity contribution >= 4 is 11.6 Å². The number of benzene rings is 1. The highest BCUT2D eigenvalue weighted by atomic mass is 35.5. The minimum absolute atomic E-state index is 0.136. The summed E-state index contributed by atoms with van der Waals surface area (Å²) in [5.41, 5.74) is -0.389. The predicted octanol–water partition coefficient (Wildman–Crippen LogP) is 4.04. The molecule has 2 aromatic rings. The van der Waals surface area contributed by atoms with Gasteiger partial charge in [0.05, 0.1) is 17.8 Å². The molecular weight excluding hydrogens is 295 g/mol. The molecular formula is C13H9ClF3NO2. The maximum atomic E-state index is 12.3. The monoisotopic (exact) mass is 303 g/mol. The van der Waals surface area contributed by atoms with Crippen LogP contribution in [0.4, 0.5) is 13.2 Å². The maximum Gasteiger partial charge on any atom is 0.433 e. The molecule has 106 valence electrons. The third kappa shape index (κ3) is 3.40. The molecule has 0 aliphatic carbocycles. The molecule has 0 saturated heterocycles. The van der Waals surface area contributed by atoms with Gasteiger partial charge in [-0.25, -0.2) is 4.98 Å². The minimum atomic E-state index is -4.49. The van der Waals surface area contributed by atoms with Gasteiger partial charge in [0.15, 0.2) is 0 Å². The zero-order valence-corrected chi connectivity index (χ0v) is 10.7. The molecule has 0 atom stereocenters. The van der Waals surface area contributed by atoms with Crippen LogP contribution in [-0.4, -0.2) is 10.1 Å². The van der Waals surface area contributed by atoms with Gasteiger partial charge in [-0.3, -0.25) is 0 Å². The highest BCUT2D eigenvalue weighted by Gasteiger charge is 2.32. The van der Waals surface area contributed by atoms with Crippen LogP contribution in [0.1, 0.15) is 11.3 Å². The van der Waals surface area contributed by atoms with E-state index in [-0.39, 0.29) is 23.1 Å². The van der Waals surface area contributed by atoms with Gasteiger partial charge in [-0.1, -0.05) is 17.7 Å². The molecule has 0 amide bonds. The molecule has 1 heterocycles. The van der Waals surface area contributed by atoms with Crippen molar-refractivity contribution in [1.29, 1.82) is 0 Å². The first kappa shape index (κ1) is 14.6. The molecule has 0 spiro atoms. The van der Waals surface area contributed by atoms with Gasteiger partial charge in [0.2, 0.25) is 0 Å². The number of aliphatic hydroxyl groups excluding tert-OH is 1. The standard InChI is InChI=1S/C13H9ClF3NO2/c14-10-5-8(7-19)1-3-11(10)20-9-2-4-12(18-6-9)13(15,16)17/h1-6,19H,7H2. The molecule has 1 N–H and O–H groups in total. The summed E-state index contributed by atoms with van der Waals surface area (Å²) in [6.07, 6.45) is -3.52. The smallest absolute Gasteiger partial charge is 0.433 e. The van der Waals surface area contributed by atoms with E-state index in [2.05, 4.69) is 4.98 Å². The molecule has 3 nitrogen and oxygen atoms in total. The lowest BCUT2D eigenvalue weighted by Gasteiger charge is -2.09. The summed E-state index contributed by atoms with van der Waals surface area (Å²) in [7, 11) is 0. The van der Waals surface area contributed by atoms with Gasteiger partial charge in [0.1, 0.15) is 17.2 Å². The SMILES string of the molecule is OCc1ccc(Oc2ccc(C(F)(F)F)nc2)c(Cl)c1. The van der Waals surface area contributed by atoms with Gasteiger partial charge in [-0.2, -0.15) is 13.2 Å². The van der Waals surface area contributed by atoms with Crippen molar-refractivity contribution < 1.29 is 23.0 Å². The molecule has 0 radical (unpaired) electrons. The molecule has 1 aromatic heterocycles. The van der Waals surface area contributed by atoms with E-state index in [0.29, 0.717) is 5.56 Å². The Balaban J connectivity index is 2.18. The van der Waals surface area contributed by atoms with Crippen LogP contribution in [0.25, 0.3) is 0 Å². The zero-order valence-electron chi connectivity index (χ0n) is 9.99. The normalized spacial score (nSPS) is 11.4. The number of rotatable bonds is 3. The summed E-state index contributed by atoms with van der Waals surface area (Å²) in [6.45, 7) is -0.165. The maximum absolute atomic E-state index is 12.3. The first-order valence-corrected chi connectivity index (χ1v) is 5.88. The Kier molecular flexibility index (Phi) is 4.15. The van der Waals surface area contributed by atoms with Gasteiger partial charge in [0.25, 0.3) is 0 Å². The molecule has 2 rings (SSSR count). The predicted molar refractivity (Wildman–Crippen MR) is 66.7 cm³/mol. The lowest BCUT2D eigenvalue weighted by Crippen LogP contribution is -2.07. The highest BCUT2D eigenvalue weighted by Crippen LogP contribution is 2.32. The lowest BCUT2D eigenvalue weighted by atomic mass is 10.2. The van der Waals surface area contributed by atoms with Crippen molar-refractivity contribution in [2.75, 3.05) is 0 Å². The van der Waals surface area contributed by atoms with Crippen molar-refractivity contribution in [2.45, 2.75) is 12.8 Å². The van der Waals surface area contributed by atoms with E-state index < -0.39 is 11.9 Å². The van der Waals surface area contributed by atoms with Crippen molar-refractivity contribution in [3.05, 3.63) is 52.8 Å². The molecule has 0 saturated carbocycles. The Bertz CT molecular complexity index is 600. The number of aliphatic hydroxyl groups is 1. The molecule has 0 aliphatic heterocycles. The second-order valence-corrected chi connectivity index (χ2v) is 4.31. The van der Waals surface area contributed by atoms with E-state index in [0.717, 1.165) is 18.3 Å². The Morgan fingerprint density at radius 1 is 1.20 bits per heavy atom. The van der Waals surface area contributed by atoms with Gasteiger partial charge in [-0.15, -0.1) is 0 Å². The third-order valence-corrected chi connectivity index (χ3v) is 2.73. The summed E-state index contributed by atoms with van der Waals surface area (Å²) >= 11 is 5.93. The van der Waals surface area contributed by atoms with E-state index >= 15 is 0 Å². The zero-order chi connectivity index (χ0) is 14.8. The van der Waals surface area contributed by atoms with E-state index in [4.69, 9.17) is 21.4 Å². The van der Waals surface area contributed by atoms with Gasteiger partial charge in [-0.05, 0) is 29.8 Å². The second-order valence-electron chi connectivity index (χ2n) is 3.90. The Morgan fingerprint density at radius 3 is 2.45 bits per heavy atom. The van der Waals surface area contributed by atoms with Crippen LogP contribution in [0.5, 0.6) is 11.5 Å². The first-order chi connectivity index (χ1) is 9.40. The van der Waals surface area contributed by atoms with Crippen molar-refractivity contribution in [3.63, 3.8) is 0 Å². The summed E-state index contributed by atoms with van der Waals surface area (Å²) in [5, 5.41) is 9.18. The number of hydrogen-bond donors (Lipinski definition) is 1. The molecule has 0 bridgehead atoms. The fraction of sp³-hybridized carbons (Fsp3) is 0.154. The molecule has 0 unspecified atom stereocenters. The molecule has 1 aromatic carbocycles. The van der Waals surface area contributed by atoms with Gasteiger partial charge in [0, 0.05) is 0 Å². The Morgan fingerprint density at radius 2 is 1.95 bits per heavy atom. The van der Waals surface area contributed by atoms with Gasteiger partial charge >= 0.3 is 6.18 Å². The first-order valence-electron chi connectivity index (χ1n) is 5.50. The van der Waals surface area contributed by atoms with E-state index in [1.165, 1.54) is 12.1 Å². The summed E-state index contributed by atoms with van der Waals surface area (Å²) in [4.78, 5) is 3.28. The molecule has 0 fully saturated rings. The van der Waals surface area contributed by atoms with Crippen LogP contribution >= 0.6 is 11.6 Å². The topological polar surface area (TPSA) is 42.4 Å². The highest BCUT2D eigenvalue weighted by molar-refractivity contribution is 6.32. The molecule has 0 aliphatic rings. The fourth-order valence-corrected chi connectivity index (χ4v) is 1.70. The van der Waals surface area contributed by atoms with Crippen molar-refractivity contribution in [3.8, 4) is 11.5 Å². The quantitative estimate of drug-likeness (QED) is 0.930. The Labute approximate surface area is 117 Å². The van der Waals surface area contributed by atoms with Crippen LogP contribution in [0, 0.1) is 0 Å². The number of alkyl halides is 3. The van der Waals surface area contributed by atoms with Gasteiger partial charge < -0.3 is 9.84 Å². The average Bonchev–Trinajstić information content (AvgIpc) is 2.40. The third-order valence-electron chi connectivity index (χ3n) is 2.43. The summed E-state index contributed by atoms with van der Waals surface area (Å²) < 4.78 is 42.4. The van der Waals surface area contributed by atoms with Crippen LogP contribution in [0.3, 0.4) is 0 Å². The van der Waals surface area contributed by atoms with Crippen molar-refractivity contribution in [2.24, 2.45) is 0 Å². The molecule has 20 heavy (non-hydrogen) atoms. The second kappa shape index (κ2) is 5.68. The fourth-order valence-electron chi connectivity index (χ4n) is 1.46. The average molecular weight is 304 g/mol. The van der Waals surface area contributed by atoms with Crippen molar-refractivity contribution in [1.82, 2.24) is 4.98 Å². The number of pyridine rings is 1. The number of hydrogen-bond acceptors (Lipinski definition) is 3. The van der Waals surface area contributed by atoms with E-state index in [9.17, 15) is 13.2 Å². The minimum Gasteiger partial charge on any atom is -0.454 e. The summed E-state index contributed by atoms with van der Waals surface area (Å²) in [6, 6.07) is 6.61. The van der Waals surface area contributed by atoms with E-state index in [1.807, 2.05) is 0 Å². The summed E-state index contributed by atoms with van der Waals surface area (Å²) in [5.74, 6) is 0.405. The van der Waals surface area contributed by atoms with Crippen LogP contribution < -0.4 is 4.74 Å². The number of ether oxygens (including phenoxy) is 1.